The van der Waals surface area contributed by atoms with Crippen LogP contribution in [0.4, 0.5) is 0 Å². The molecule has 2 aromatic rings. The molecule has 0 atom stereocenters. The van der Waals surface area contributed by atoms with Crippen molar-refractivity contribution in [1.82, 2.24) is 14.9 Å². The highest BCUT2D eigenvalue weighted by atomic mass is 16.5. The van der Waals surface area contributed by atoms with Gasteiger partial charge in [-0.1, -0.05) is 12.1 Å². The summed E-state index contributed by atoms with van der Waals surface area (Å²) >= 11 is 0. The molecule has 0 radical (unpaired) electrons. The maximum atomic E-state index is 12.0. The highest BCUT2D eigenvalue weighted by Gasteiger charge is 2.11. The largest absolute Gasteiger partial charge is 0.497 e. The molecule has 1 amide bonds. The van der Waals surface area contributed by atoms with Gasteiger partial charge in [-0.3, -0.25) is 4.79 Å². The quantitative estimate of drug-likeness (QED) is 0.887. The maximum Gasteiger partial charge on any atom is 0.227 e. The first kappa shape index (κ1) is 13.1. The van der Waals surface area contributed by atoms with Crippen molar-refractivity contribution >= 4 is 5.91 Å². The van der Waals surface area contributed by atoms with Gasteiger partial charge in [0, 0.05) is 19.4 Å². The molecule has 0 aliphatic rings. The molecule has 0 aliphatic heterocycles. The smallest absolute Gasteiger partial charge is 0.227 e. The van der Waals surface area contributed by atoms with E-state index in [2.05, 4.69) is 9.97 Å². The van der Waals surface area contributed by atoms with Crippen LogP contribution in [0.5, 0.6) is 5.75 Å². The van der Waals surface area contributed by atoms with Gasteiger partial charge in [0.25, 0.3) is 0 Å². The molecule has 0 saturated carbocycles. The first-order valence-electron chi connectivity index (χ1n) is 6.04. The van der Waals surface area contributed by atoms with Crippen LogP contribution in [0, 0.1) is 0 Å². The number of nitrogens with zero attached hydrogens (tertiary/aromatic N) is 2. The van der Waals surface area contributed by atoms with E-state index in [1.165, 1.54) is 0 Å². The average molecular weight is 259 g/mol. The topological polar surface area (TPSA) is 58.2 Å². The number of H-pyrrole nitrogens is 1. The van der Waals surface area contributed by atoms with Crippen molar-refractivity contribution in [3.63, 3.8) is 0 Å². The molecule has 5 nitrogen and oxygen atoms in total. The van der Waals surface area contributed by atoms with E-state index in [9.17, 15) is 4.79 Å². The fourth-order valence-corrected chi connectivity index (χ4v) is 1.75. The second kappa shape index (κ2) is 6.04. The van der Waals surface area contributed by atoms with Gasteiger partial charge < -0.3 is 14.6 Å². The minimum absolute atomic E-state index is 0.0570. The van der Waals surface area contributed by atoms with Crippen molar-refractivity contribution in [3.8, 4) is 5.75 Å². The van der Waals surface area contributed by atoms with E-state index in [1.807, 2.05) is 24.3 Å². The molecular formula is C14H17N3O2. The molecule has 0 saturated heterocycles. The van der Waals surface area contributed by atoms with Crippen molar-refractivity contribution in [2.75, 3.05) is 14.2 Å². The van der Waals surface area contributed by atoms with Crippen LogP contribution < -0.4 is 4.74 Å². The molecule has 1 N–H and O–H groups in total. The lowest BCUT2D eigenvalue weighted by molar-refractivity contribution is -0.129. The van der Waals surface area contributed by atoms with Crippen LogP contribution in [0.15, 0.2) is 36.7 Å². The predicted octanol–water partition coefficient (Wildman–Crippen LogP) is 1.62. The number of ether oxygens (including phenoxy) is 1. The molecule has 2 rings (SSSR count). The third-order valence-electron chi connectivity index (χ3n) is 2.88. The number of hydrogen-bond donors (Lipinski definition) is 1. The second-order valence-corrected chi connectivity index (χ2v) is 4.31. The van der Waals surface area contributed by atoms with E-state index in [-0.39, 0.29) is 5.91 Å². The molecule has 5 heteroatoms. The third kappa shape index (κ3) is 3.58. The van der Waals surface area contributed by atoms with Crippen molar-refractivity contribution in [1.29, 1.82) is 0 Å². The van der Waals surface area contributed by atoms with Crippen LogP contribution in [0.2, 0.25) is 0 Å². The number of rotatable bonds is 5. The summed E-state index contributed by atoms with van der Waals surface area (Å²) in [5.41, 5.74) is 0.970. The lowest BCUT2D eigenvalue weighted by atomic mass is 10.1. The Labute approximate surface area is 112 Å². The highest BCUT2D eigenvalue weighted by Crippen LogP contribution is 2.12. The lowest BCUT2D eigenvalue weighted by Crippen LogP contribution is -2.28. The van der Waals surface area contributed by atoms with Gasteiger partial charge in [0.1, 0.15) is 11.6 Å². The Balaban J connectivity index is 1.92. The molecule has 0 unspecified atom stereocenters. The number of methoxy groups -OCH3 is 1. The summed E-state index contributed by atoms with van der Waals surface area (Å²) in [7, 11) is 3.39. The zero-order valence-electron chi connectivity index (χ0n) is 11.1. The number of likely N-dealkylation sites (N-methyl/N-ethyl adjacent to an activating group) is 1. The SMILES string of the molecule is COc1ccc(CC(=O)N(C)Cc2ncc[nH]2)cc1. The molecule has 100 valence electrons. The van der Waals surface area contributed by atoms with Gasteiger partial charge in [-0.2, -0.15) is 0 Å². The Hall–Kier alpha value is -2.30. The first-order chi connectivity index (χ1) is 9.19. The standard InChI is InChI=1S/C14H17N3O2/c1-17(10-13-15-7-8-16-13)14(18)9-11-3-5-12(19-2)6-4-11/h3-8H,9-10H2,1-2H3,(H,15,16). The van der Waals surface area contributed by atoms with Crippen LogP contribution in [-0.4, -0.2) is 34.9 Å². The minimum Gasteiger partial charge on any atom is -0.497 e. The zero-order chi connectivity index (χ0) is 13.7. The number of imidazole rings is 1. The molecule has 0 spiro atoms. The van der Waals surface area contributed by atoms with E-state index in [0.717, 1.165) is 17.1 Å². The van der Waals surface area contributed by atoms with Crippen LogP contribution in [0.3, 0.4) is 0 Å². The van der Waals surface area contributed by atoms with E-state index < -0.39 is 0 Å². The summed E-state index contributed by atoms with van der Waals surface area (Å²) in [6, 6.07) is 7.51. The van der Waals surface area contributed by atoms with Crippen molar-refractivity contribution in [3.05, 3.63) is 48.0 Å². The van der Waals surface area contributed by atoms with E-state index in [4.69, 9.17) is 4.74 Å². The summed E-state index contributed by atoms with van der Waals surface area (Å²) in [4.78, 5) is 20.8. The molecule has 0 bridgehead atoms. The monoisotopic (exact) mass is 259 g/mol. The third-order valence-corrected chi connectivity index (χ3v) is 2.88. The number of benzene rings is 1. The number of amides is 1. The second-order valence-electron chi connectivity index (χ2n) is 4.31. The number of carbonyl (C=O) groups excluding carboxylic acids is 1. The van der Waals surface area contributed by atoms with Crippen LogP contribution in [0.1, 0.15) is 11.4 Å². The number of carbonyl (C=O) groups is 1. The fraction of sp³-hybridized carbons (Fsp3) is 0.286. The highest BCUT2D eigenvalue weighted by molar-refractivity contribution is 5.78. The van der Waals surface area contributed by atoms with Gasteiger partial charge in [0.05, 0.1) is 20.1 Å². The summed E-state index contributed by atoms with van der Waals surface area (Å²) in [5, 5.41) is 0. The molecule has 1 heterocycles. The number of aromatic amines is 1. The Kier molecular flexibility index (Phi) is 4.18. The normalized spacial score (nSPS) is 10.2. The summed E-state index contributed by atoms with van der Waals surface area (Å²) < 4.78 is 5.08. The lowest BCUT2D eigenvalue weighted by Gasteiger charge is -2.15. The Bertz CT molecular complexity index is 520. The molecule has 1 aromatic heterocycles. The van der Waals surface area contributed by atoms with Gasteiger partial charge in [0.15, 0.2) is 0 Å². The van der Waals surface area contributed by atoms with E-state index >= 15 is 0 Å². The van der Waals surface area contributed by atoms with Gasteiger partial charge in [0.2, 0.25) is 5.91 Å². The van der Waals surface area contributed by atoms with Crippen LogP contribution >= 0.6 is 0 Å². The van der Waals surface area contributed by atoms with Gasteiger partial charge in [-0.15, -0.1) is 0 Å². The van der Waals surface area contributed by atoms with Crippen molar-refractivity contribution in [2.24, 2.45) is 0 Å². The first-order valence-corrected chi connectivity index (χ1v) is 6.04. The van der Waals surface area contributed by atoms with Gasteiger partial charge in [-0.05, 0) is 17.7 Å². The Morgan fingerprint density at radius 2 is 2.11 bits per heavy atom. The van der Waals surface area contributed by atoms with Gasteiger partial charge in [-0.25, -0.2) is 4.98 Å². The zero-order valence-corrected chi connectivity index (χ0v) is 11.1. The summed E-state index contributed by atoms with van der Waals surface area (Å²) in [5.74, 6) is 1.63. The Morgan fingerprint density at radius 1 is 1.37 bits per heavy atom. The Morgan fingerprint density at radius 3 is 2.68 bits per heavy atom. The van der Waals surface area contributed by atoms with Gasteiger partial charge >= 0.3 is 0 Å². The molecular weight excluding hydrogens is 242 g/mol. The maximum absolute atomic E-state index is 12.0. The fourth-order valence-electron chi connectivity index (χ4n) is 1.75. The number of hydrogen-bond acceptors (Lipinski definition) is 3. The molecule has 0 aliphatic carbocycles. The number of nitrogens with one attached hydrogen (secondary N) is 1. The van der Waals surface area contributed by atoms with Crippen molar-refractivity contribution in [2.45, 2.75) is 13.0 Å². The minimum atomic E-state index is 0.0570. The summed E-state index contributed by atoms with van der Waals surface area (Å²) in [6.45, 7) is 0.488. The predicted molar refractivity (Wildman–Crippen MR) is 71.8 cm³/mol. The average Bonchev–Trinajstić information content (AvgIpc) is 2.92. The summed E-state index contributed by atoms with van der Waals surface area (Å²) in [6.07, 6.45) is 3.80. The molecule has 0 fully saturated rings. The molecule has 1 aromatic carbocycles. The van der Waals surface area contributed by atoms with Crippen LogP contribution in [0.25, 0.3) is 0 Å². The van der Waals surface area contributed by atoms with Crippen molar-refractivity contribution < 1.29 is 9.53 Å². The van der Waals surface area contributed by atoms with E-state index in [1.54, 1.807) is 31.5 Å². The van der Waals surface area contributed by atoms with Crippen LogP contribution in [-0.2, 0) is 17.8 Å². The number of aromatic nitrogens is 2. The molecule has 19 heavy (non-hydrogen) atoms. The van der Waals surface area contributed by atoms with E-state index in [0.29, 0.717) is 13.0 Å².